The Labute approximate surface area is 112 Å². The summed E-state index contributed by atoms with van der Waals surface area (Å²) in [5.41, 5.74) is 0. The summed E-state index contributed by atoms with van der Waals surface area (Å²) >= 11 is 2.24. The summed E-state index contributed by atoms with van der Waals surface area (Å²) in [5.74, 6) is 0. The third-order valence-electron chi connectivity index (χ3n) is 2.52. The molecule has 2 radical (unpaired) electrons. The quantitative estimate of drug-likeness (QED) is 0.609. The summed E-state index contributed by atoms with van der Waals surface area (Å²) in [6.07, 6.45) is 8.18. The first-order valence-electron chi connectivity index (χ1n) is 5.93. The Balaban J connectivity index is 0. The topological polar surface area (TPSA) is 0 Å². The summed E-state index contributed by atoms with van der Waals surface area (Å²) in [6, 6.07) is 0. The van der Waals surface area contributed by atoms with Crippen molar-refractivity contribution in [2.24, 2.45) is 0 Å². The molecule has 0 aromatic rings. The van der Waals surface area contributed by atoms with Crippen LogP contribution in [0.3, 0.4) is 0 Å². The molecule has 14 heavy (non-hydrogen) atoms. The molecular formula is C12H28SSn. The Bertz CT molecular complexity index is 94.5. The Hall–Kier alpha value is 1.15. The fourth-order valence-corrected chi connectivity index (χ4v) is 3.33. The molecule has 86 valence electrons. The van der Waals surface area contributed by atoms with E-state index >= 15 is 0 Å². The number of thioether (sulfide) groups is 1. The second-order valence-electron chi connectivity index (χ2n) is 3.77. The van der Waals surface area contributed by atoms with Crippen molar-refractivity contribution in [1.29, 1.82) is 0 Å². The fourth-order valence-electron chi connectivity index (χ4n) is 1.65. The zero-order valence-corrected chi connectivity index (χ0v) is 15.4. The van der Waals surface area contributed by atoms with Gasteiger partial charge in [-0.25, -0.2) is 0 Å². The van der Waals surface area contributed by atoms with Crippen molar-refractivity contribution in [1.82, 2.24) is 0 Å². The van der Waals surface area contributed by atoms with Gasteiger partial charge in [0.1, 0.15) is 0 Å². The molecule has 0 bridgehead atoms. The van der Waals surface area contributed by atoms with E-state index in [2.05, 4.69) is 39.5 Å². The van der Waals surface area contributed by atoms with E-state index in [-0.39, 0.29) is 23.9 Å². The molecule has 0 aliphatic rings. The van der Waals surface area contributed by atoms with Crippen LogP contribution in [-0.4, -0.2) is 34.4 Å². The van der Waals surface area contributed by atoms with Gasteiger partial charge in [-0.2, -0.15) is 11.8 Å². The summed E-state index contributed by atoms with van der Waals surface area (Å²) in [7, 11) is 0. The second-order valence-corrected chi connectivity index (χ2v) is 5.38. The summed E-state index contributed by atoms with van der Waals surface area (Å²) in [5, 5.41) is 1.84. The maximum absolute atomic E-state index is 2.33. The SMILES string of the molecule is CCCC(CC)SC(CC)CCC.[SnH2]. The van der Waals surface area contributed by atoms with E-state index < -0.39 is 0 Å². The summed E-state index contributed by atoms with van der Waals surface area (Å²) in [4.78, 5) is 0. The van der Waals surface area contributed by atoms with Crippen LogP contribution in [-0.2, 0) is 0 Å². The molecule has 0 aromatic carbocycles. The Morgan fingerprint density at radius 2 is 1.14 bits per heavy atom. The normalized spacial score (nSPS) is 14.6. The van der Waals surface area contributed by atoms with Crippen molar-refractivity contribution >= 4 is 35.7 Å². The van der Waals surface area contributed by atoms with Gasteiger partial charge in [0.25, 0.3) is 0 Å². The van der Waals surface area contributed by atoms with Crippen LogP contribution < -0.4 is 0 Å². The zero-order chi connectivity index (χ0) is 10.1. The predicted molar refractivity (Wildman–Crippen MR) is 74.1 cm³/mol. The standard InChI is InChI=1S/C12H26S.Sn.2H/c1-5-9-11(7-3)13-12(8-4)10-6-2;;;/h11-12H,5-10H2,1-4H3;;;. The van der Waals surface area contributed by atoms with Crippen molar-refractivity contribution in [3.63, 3.8) is 0 Å². The molecule has 0 nitrogen and oxygen atoms in total. The van der Waals surface area contributed by atoms with Gasteiger partial charge in [-0.1, -0.05) is 40.5 Å². The van der Waals surface area contributed by atoms with Crippen molar-refractivity contribution in [3.05, 3.63) is 0 Å². The van der Waals surface area contributed by atoms with Gasteiger partial charge in [-0.15, -0.1) is 0 Å². The van der Waals surface area contributed by atoms with Crippen LogP contribution in [0.25, 0.3) is 0 Å². The molecule has 2 heteroatoms. The Kier molecular flexibility index (Phi) is 15.3. The predicted octanol–water partition coefficient (Wildman–Crippen LogP) is 3.96. The van der Waals surface area contributed by atoms with E-state index in [0.717, 1.165) is 10.5 Å². The van der Waals surface area contributed by atoms with Crippen molar-refractivity contribution in [3.8, 4) is 0 Å². The van der Waals surface area contributed by atoms with Crippen LogP contribution in [0.15, 0.2) is 0 Å². The van der Waals surface area contributed by atoms with Crippen LogP contribution in [0.2, 0.25) is 0 Å². The van der Waals surface area contributed by atoms with Crippen molar-refractivity contribution < 1.29 is 0 Å². The molecule has 0 aliphatic carbocycles. The van der Waals surface area contributed by atoms with Crippen molar-refractivity contribution in [2.45, 2.75) is 76.7 Å². The van der Waals surface area contributed by atoms with E-state index in [4.69, 9.17) is 0 Å². The van der Waals surface area contributed by atoms with Gasteiger partial charge in [0.15, 0.2) is 0 Å². The maximum atomic E-state index is 2.33. The molecule has 0 rings (SSSR count). The minimum atomic E-state index is 0. The van der Waals surface area contributed by atoms with Gasteiger partial charge < -0.3 is 0 Å². The van der Waals surface area contributed by atoms with Crippen LogP contribution in [0.4, 0.5) is 0 Å². The number of hydrogen-bond donors (Lipinski definition) is 0. The van der Waals surface area contributed by atoms with Crippen LogP contribution in [0, 0.1) is 0 Å². The molecule has 0 N–H and O–H groups in total. The minimum absolute atomic E-state index is 0. The van der Waals surface area contributed by atoms with Gasteiger partial charge in [-0.05, 0) is 25.7 Å². The van der Waals surface area contributed by atoms with Gasteiger partial charge in [0, 0.05) is 10.5 Å². The average molecular weight is 323 g/mol. The van der Waals surface area contributed by atoms with Gasteiger partial charge in [-0.3, -0.25) is 0 Å². The molecule has 0 saturated carbocycles. The molecule has 2 unspecified atom stereocenters. The molecule has 2 atom stereocenters. The second kappa shape index (κ2) is 12.2. The molecule has 0 amide bonds. The average Bonchev–Trinajstić information content (AvgIpc) is 2.16. The first-order valence-corrected chi connectivity index (χ1v) is 6.88. The number of hydrogen-bond acceptors (Lipinski definition) is 1. The first kappa shape index (κ1) is 17.5. The summed E-state index contributed by atoms with van der Waals surface area (Å²) in [6.45, 7) is 9.24. The number of rotatable bonds is 8. The van der Waals surface area contributed by atoms with Gasteiger partial charge >= 0.3 is 23.9 Å². The van der Waals surface area contributed by atoms with E-state index in [1.807, 2.05) is 0 Å². The molecule has 0 aromatic heterocycles. The molecule has 0 fully saturated rings. The van der Waals surface area contributed by atoms with Gasteiger partial charge in [0.2, 0.25) is 0 Å². The summed E-state index contributed by atoms with van der Waals surface area (Å²) < 4.78 is 0. The zero-order valence-electron chi connectivity index (χ0n) is 10.5. The molecule has 0 spiro atoms. The molecule has 0 heterocycles. The molecular weight excluding hydrogens is 295 g/mol. The Morgan fingerprint density at radius 1 is 0.786 bits per heavy atom. The van der Waals surface area contributed by atoms with Gasteiger partial charge in [0.05, 0.1) is 0 Å². The Morgan fingerprint density at radius 3 is 1.36 bits per heavy atom. The van der Waals surface area contributed by atoms with E-state index in [0.29, 0.717) is 0 Å². The molecule has 0 aliphatic heterocycles. The van der Waals surface area contributed by atoms with Crippen LogP contribution in [0.1, 0.15) is 66.2 Å². The van der Waals surface area contributed by atoms with E-state index in [9.17, 15) is 0 Å². The third kappa shape index (κ3) is 8.46. The third-order valence-corrected chi connectivity index (χ3v) is 4.42. The molecule has 0 saturated heterocycles. The van der Waals surface area contributed by atoms with Crippen LogP contribution in [0.5, 0.6) is 0 Å². The van der Waals surface area contributed by atoms with Crippen molar-refractivity contribution in [2.75, 3.05) is 0 Å². The van der Waals surface area contributed by atoms with E-state index in [1.54, 1.807) is 0 Å². The monoisotopic (exact) mass is 324 g/mol. The fraction of sp³-hybridized carbons (Fsp3) is 1.00. The van der Waals surface area contributed by atoms with Crippen LogP contribution >= 0.6 is 11.8 Å². The van der Waals surface area contributed by atoms with E-state index in [1.165, 1.54) is 38.5 Å². The first-order chi connectivity index (χ1) is 6.28.